The van der Waals surface area contributed by atoms with Crippen LogP contribution in [0.5, 0.6) is 0 Å². The first kappa shape index (κ1) is 19.6. The van der Waals surface area contributed by atoms with Crippen LogP contribution in [0.3, 0.4) is 0 Å². The number of nitro benzene ring substituents is 1. The lowest BCUT2D eigenvalue weighted by Gasteiger charge is -2.36. The van der Waals surface area contributed by atoms with Crippen molar-refractivity contribution < 1.29 is 9.72 Å². The zero-order valence-corrected chi connectivity index (χ0v) is 17.8. The Kier molecular flexibility index (Phi) is 4.90. The minimum Gasteiger partial charge on any atom is -0.368 e. The predicted molar refractivity (Wildman–Crippen MR) is 119 cm³/mol. The SMILES string of the molecule is Cn1nc(C(=O)N2CCN(c3ccc([N+](=O)[O-])cc3)CC2)c2c1-c1ccccc1SC2. The van der Waals surface area contributed by atoms with E-state index in [2.05, 4.69) is 22.1 Å². The molecule has 0 radical (unpaired) electrons. The van der Waals surface area contributed by atoms with E-state index in [4.69, 9.17) is 0 Å². The molecule has 0 saturated carbocycles. The van der Waals surface area contributed by atoms with Crippen molar-refractivity contribution >= 4 is 29.0 Å². The zero-order valence-electron chi connectivity index (χ0n) is 17.0. The maximum Gasteiger partial charge on any atom is 0.274 e. The van der Waals surface area contributed by atoms with E-state index in [1.807, 2.05) is 28.8 Å². The Morgan fingerprint density at radius 2 is 1.77 bits per heavy atom. The first-order valence-corrected chi connectivity index (χ1v) is 11.1. The topological polar surface area (TPSA) is 84.5 Å². The van der Waals surface area contributed by atoms with Crippen LogP contribution in [-0.4, -0.2) is 51.7 Å². The van der Waals surface area contributed by atoms with E-state index in [-0.39, 0.29) is 11.6 Å². The predicted octanol–water partition coefficient (Wildman–Crippen LogP) is 3.56. The molecule has 2 aliphatic rings. The van der Waals surface area contributed by atoms with Gasteiger partial charge in [-0.15, -0.1) is 11.8 Å². The Labute approximate surface area is 183 Å². The number of non-ortho nitro benzene ring substituents is 1. The van der Waals surface area contributed by atoms with Gasteiger partial charge >= 0.3 is 0 Å². The van der Waals surface area contributed by atoms with E-state index >= 15 is 0 Å². The van der Waals surface area contributed by atoms with E-state index < -0.39 is 4.92 Å². The van der Waals surface area contributed by atoms with Crippen molar-refractivity contribution in [2.24, 2.45) is 7.05 Å². The van der Waals surface area contributed by atoms with Crippen molar-refractivity contribution in [2.45, 2.75) is 10.6 Å². The number of aryl methyl sites for hydroxylation is 1. The first-order chi connectivity index (χ1) is 15.0. The number of carbonyl (C=O) groups is 1. The van der Waals surface area contributed by atoms with Crippen LogP contribution < -0.4 is 4.90 Å². The second-order valence-corrected chi connectivity index (χ2v) is 8.65. The summed E-state index contributed by atoms with van der Waals surface area (Å²) in [6.45, 7) is 2.53. The first-order valence-electron chi connectivity index (χ1n) is 10.1. The summed E-state index contributed by atoms with van der Waals surface area (Å²) < 4.78 is 1.83. The highest BCUT2D eigenvalue weighted by Gasteiger charge is 2.31. The Balaban J connectivity index is 1.32. The number of amides is 1. The molecule has 5 rings (SSSR count). The molecule has 1 aromatic heterocycles. The number of hydrogen-bond acceptors (Lipinski definition) is 6. The van der Waals surface area contributed by atoms with Gasteiger partial charge in [-0.25, -0.2) is 0 Å². The fraction of sp³-hybridized carbons (Fsp3) is 0.273. The lowest BCUT2D eigenvalue weighted by molar-refractivity contribution is -0.384. The zero-order chi connectivity index (χ0) is 21.5. The summed E-state index contributed by atoms with van der Waals surface area (Å²) in [6.07, 6.45) is 0. The number of hydrogen-bond donors (Lipinski definition) is 0. The molecule has 0 bridgehead atoms. The number of rotatable bonds is 3. The second kappa shape index (κ2) is 7.73. The molecule has 0 atom stereocenters. The van der Waals surface area contributed by atoms with Gasteiger partial charge in [0, 0.05) is 72.8 Å². The third-order valence-corrected chi connectivity index (χ3v) is 6.95. The van der Waals surface area contributed by atoms with Crippen molar-refractivity contribution in [1.82, 2.24) is 14.7 Å². The molecule has 2 aromatic carbocycles. The highest BCUT2D eigenvalue weighted by atomic mass is 32.2. The molecular formula is C22H21N5O3S. The fourth-order valence-electron chi connectivity index (χ4n) is 4.25. The number of nitro groups is 1. The summed E-state index contributed by atoms with van der Waals surface area (Å²) in [5.41, 5.74) is 4.73. The molecule has 0 aliphatic carbocycles. The molecule has 3 heterocycles. The average Bonchev–Trinajstić information content (AvgIpc) is 3.15. The summed E-state index contributed by atoms with van der Waals surface area (Å²) >= 11 is 1.74. The van der Waals surface area contributed by atoms with Gasteiger partial charge in [0.05, 0.1) is 10.6 Å². The molecular weight excluding hydrogens is 414 g/mol. The van der Waals surface area contributed by atoms with Gasteiger partial charge in [0.1, 0.15) is 0 Å². The molecule has 1 saturated heterocycles. The summed E-state index contributed by atoms with van der Waals surface area (Å²) in [6, 6.07) is 14.8. The molecule has 0 spiro atoms. The molecule has 1 fully saturated rings. The summed E-state index contributed by atoms with van der Waals surface area (Å²) in [7, 11) is 1.90. The molecule has 2 aliphatic heterocycles. The van der Waals surface area contributed by atoms with Crippen LogP contribution in [0.15, 0.2) is 53.4 Å². The lowest BCUT2D eigenvalue weighted by atomic mass is 10.1. The van der Waals surface area contributed by atoms with Crippen LogP contribution in [0, 0.1) is 10.1 Å². The quantitative estimate of drug-likeness (QED) is 0.462. The third kappa shape index (κ3) is 3.44. The van der Waals surface area contributed by atoms with Gasteiger partial charge in [-0.05, 0) is 18.2 Å². The van der Waals surface area contributed by atoms with Crippen molar-refractivity contribution in [3.8, 4) is 11.3 Å². The van der Waals surface area contributed by atoms with Gasteiger partial charge in [-0.1, -0.05) is 18.2 Å². The van der Waals surface area contributed by atoms with Gasteiger partial charge in [-0.2, -0.15) is 5.10 Å². The lowest BCUT2D eigenvalue weighted by Crippen LogP contribution is -2.49. The van der Waals surface area contributed by atoms with E-state index in [0.29, 0.717) is 31.9 Å². The van der Waals surface area contributed by atoms with Crippen LogP contribution in [0.25, 0.3) is 11.3 Å². The van der Waals surface area contributed by atoms with E-state index in [1.165, 1.54) is 17.0 Å². The average molecular weight is 436 g/mol. The maximum atomic E-state index is 13.3. The maximum absolute atomic E-state index is 13.3. The van der Waals surface area contributed by atoms with Gasteiger partial charge in [0.15, 0.2) is 5.69 Å². The Morgan fingerprint density at radius 1 is 1.06 bits per heavy atom. The molecule has 0 unspecified atom stereocenters. The monoisotopic (exact) mass is 435 g/mol. The van der Waals surface area contributed by atoms with Crippen LogP contribution in [0.2, 0.25) is 0 Å². The highest BCUT2D eigenvalue weighted by molar-refractivity contribution is 7.98. The molecule has 158 valence electrons. The van der Waals surface area contributed by atoms with Gasteiger partial charge in [0.2, 0.25) is 0 Å². The van der Waals surface area contributed by atoms with E-state index in [0.717, 1.165) is 28.3 Å². The summed E-state index contributed by atoms with van der Waals surface area (Å²) in [5, 5.41) is 15.5. The Morgan fingerprint density at radius 3 is 2.48 bits per heavy atom. The smallest absolute Gasteiger partial charge is 0.274 e. The van der Waals surface area contributed by atoms with E-state index in [9.17, 15) is 14.9 Å². The third-order valence-electron chi connectivity index (χ3n) is 5.85. The summed E-state index contributed by atoms with van der Waals surface area (Å²) in [4.78, 5) is 29.0. The minimum absolute atomic E-state index is 0.0276. The molecule has 0 N–H and O–H groups in total. The van der Waals surface area contributed by atoms with Crippen LogP contribution >= 0.6 is 11.8 Å². The van der Waals surface area contributed by atoms with Crippen LogP contribution in [-0.2, 0) is 12.8 Å². The minimum atomic E-state index is -0.398. The Bertz CT molecular complexity index is 1170. The number of fused-ring (bicyclic) bond motifs is 3. The van der Waals surface area contributed by atoms with Crippen molar-refractivity contribution in [3.05, 3.63) is 69.9 Å². The number of carbonyl (C=O) groups excluding carboxylic acids is 1. The van der Waals surface area contributed by atoms with Crippen molar-refractivity contribution in [1.29, 1.82) is 0 Å². The second-order valence-electron chi connectivity index (χ2n) is 7.64. The summed E-state index contributed by atoms with van der Waals surface area (Å²) in [5.74, 6) is 0.712. The molecule has 8 nitrogen and oxygen atoms in total. The molecule has 9 heteroatoms. The van der Waals surface area contributed by atoms with E-state index in [1.54, 1.807) is 23.9 Å². The van der Waals surface area contributed by atoms with Gasteiger partial charge in [-0.3, -0.25) is 19.6 Å². The standard InChI is InChI=1S/C22H21N5O3S/c1-24-21-17-4-2-3-5-19(17)31-14-18(21)20(23-24)22(28)26-12-10-25(11-13-26)15-6-8-16(9-7-15)27(29)30/h2-9H,10-14H2,1H3. The van der Waals surface area contributed by atoms with Gasteiger partial charge < -0.3 is 9.80 Å². The number of anilines is 1. The normalized spacial score (nSPS) is 15.4. The number of thioether (sulfide) groups is 1. The molecule has 1 amide bonds. The fourth-order valence-corrected chi connectivity index (χ4v) is 5.32. The molecule has 3 aromatic rings. The van der Waals surface area contributed by atoms with Crippen LogP contribution in [0.1, 0.15) is 16.1 Å². The van der Waals surface area contributed by atoms with Gasteiger partial charge in [0.25, 0.3) is 11.6 Å². The number of piperazine rings is 1. The number of aromatic nitrogens is 2. The van der Waals surface area contributed by atoms with Crippen molar-refractivity contribution in [3.63, 3.8) is 0 Å². The van der Waals surface area contributed by atoms with Crippen molar-refractivity contribution in [2.75, 3.05) is 31.1 Å². The highest BCUT2D eigenvalue weighted by Crippen LogP contribution is 2.42. The van der Waals surface area contributed by atoms with Crippen LogP contribution in [0.4, 0.5) is 11.4 Å². The Hall–Kier alpha value is -3.33. The molecule has 31 heavy (non-hydrogen) atoms. The largest absolute Gasteiger partial charge is 0.368 e. The number of nitrogens with zero attached hydrogens (tertiary/aromatic N) is 5. The number of benzene rings is 2.